The summed E-state index contributed by atoms with van der Waals surface area (Å²) < 4.78 is 4.88. The largest absolute Gasteiger partial charge is 0.466 e. The van der Waals surface area contributed by atoms with E-state index in [4.69, 9.17) is 4.74 Å². The summed E-state index contributed by atoms with van der Waals surface area (Å²) in [6.07, 6.45) is 0.0601. The van der Waals surface area contributed by atoms with Crippen LogP contribution in [-0.2, 0) is 16.0 Å². The maximum absolute atomic E-state index is 11.7. The number of benzene rings is 1. The van der Waals surface area contributed by atoms with Crippen LogP contribution in [0.3, 0.4) is 0 Å². The number of ether oxygens (including phenoxy) is 1. The molecule has 0 unspecified atom stereocenters. The van der Waals surface area contributed by atoms with E-state index >= 15 is 0 Å². The van der Waals surface area contributed by atoms with Crippen LogP contribution in [0.25, 0.3) is 10.8 Å². The molecule has 5 nitrogen and oxygen atoms in total. The van der Waals surface area contributed by atoms with Gasteiger partial charge in [0, 0.05) is 5.39 Å². The second-order valence-electron chi connectivity index (χ2n) is 3.98. The Morgan fingerprint density at radius 3 is 2.94 bits per heavy atom. The topological polar surface area (TPSA) is 72.0 Å². The molecule has 1 N–H and O–H groups in total. The van der Waals surface area contributed by atoms with Crippen LogP contribution in [0.1, 0.15) is 18.2 Å². The molecule has 94 valence electrons. The van der Waals surface area contributed by atoms with Crippen molar-refractivity contribution in [1.82, 2.24) is 10.2 Å². The molecule has 0 amide bonds. The predicted molar refractivity (Wildman–Crippen MR) is 67.4 cm³/mol. The highest BCUT2D eigenvalue weighted by Gasteiger charge is 2.12. The van der Waals surface area contributed by atoms with Gasteiger partial charge in [0.15, 0.2) is 0 Å². The molecule has 0 radical (unpaired) electrons. The number of nitrogens with zero attached hydrogens (tertiary/aromatic N) is 1. The monoisotopic (exact) mass is 246 g/mol. The zero-order valence-electron chi connectivity index (χ0n) is 10.3. The average molecular weight is 246 g/mol. The second kappa shape index (κ2) is 5.00. The zero-order valence-corrected chi connectivity index (χ0v) is 10.3. The van der Waals surface area contributed by atoms with Crippen LogP contribution in [0.2, 0.25) is 0 Å². The standard InChI is InChI=1S/C13H14N2O3/c1-3-18-11(16)7-10-9-6-4-5-8(2)12(9)13(17)15-14-10/h4-6H,3,7H2,1-2H3,(H,15,17). The number of aryl methyl sites for hydroxylation is 1. The van der Waals surface area contributed by atoms with Gasteiger partial charge < -0.3 is 4.74 Å². The fourth-order valence-corrected chi connectivity index (χ4v) is 1.93. The molecule has 18 heavy (non-hydrogen) atoms. The molecule has 2 aromatic rings. The molecule has 0 aliphatic carbocycles. The van der Waals surface area contributed by atoms with E-state index in [1.807, 2.05) is 19.1 Å². The SMILES string of the molecule is CCOC(=O)Cc1n[nH]c(=O)c2c(C)cccc12. The van der Waals surface area contributed by atoms with Crippen molar-refractivity contribution in [2.45, 2.75) is 20.3 Å². The minimum atomic E-state index is -0.347. The number of hydrogen-bond acceptors (Lipinski definition) is 4. The summed E-state index contributed by atoms with van der Waals surface area (Å²) >= 11 is 0. The Bertz CT molecular complexity index is 646. The summed E-state index contributed by atoms with van der Waals surface area (Å²) in [6.45, 7) is 3.94. The Hall–Kier alpha value is -2.17. The van der Waals surface area contributed by atoms with E-state index in [1.165, 1.54) is 0 Å². The Kier molecular flexibility index (Phi) is 3.41. The van der Waals surface area contributed by atoms with Gasteiger partial charge in [-0.2, -0.15) is 5.10 Å². The van der Waals surface area contributed by atoms with Gasteiger partial charge in [-0.05, 0) is 19.4 Å². The number of rotatable bonds is 3. The number of hydrogen-bond donors (Lipinski definition) is 1. The summed E-state index contributed by atoms with van der Waals surface area (Å²) in [5.41, 5.74) is 1.16. The van der Waals surface area contributed by atoms with E-state index in [2.05, 4.69) is 10.2 Å². The highest BCUT2D eigenvalue weighted by molar-refractivity contribution is 5.89. The van der Waals surface area contributed by atoms with Crippen molar-refractivity contribution in [3.63, 3.8) is 0 Å². The van der Waals surface area contributed by atoms with Gasteiger partial charge in [0.1, 0.15) is 0 Å². The molecule has 0 atom stereocenters. The van der Waals surface area contributed by atoms with Crippen molar-refractivity contribution >= 4 is 16.7 Å². The Morgan fingerprint density at radius 1 is 1.44 bits per heavy atom. The van der Waals surface area contributed by atoms with Crippen molar-refractivity contribution in [3.8, 4) is 0 Å². The van der Waals surface area contributed by atoms with E-state index in [0.717, 1.165) is 5.56 Å². The van der Waals surface area contributed by atoms with Crippen LogP contribution in [0.5, 0.6) is 0 Å². The van der Waals surface area contributed by atoms with Gasteiger partial charge in [-0.15, -0.1) is 0 Å². The lowest BCUT2D eigenvalue weighted by molar-refractivity contribution is -0.142. The number of fused-ring (bicyclic) bond motifs is 1. The first kappa shape index (κ1) is 12.3. The van der Waals surface area contributed by atoms with E-state index in [1.54, 1.807) is 13.0 Å². The van der Waals surface area contributed by atoms with Gasteiger partial charge in [-0.25, -0.2) is 5.10 Å². The number of aromatic nitrogens is 2. The summed E-state index contributed by atoms with van der Waals surface area (Å²) in [5, 5.41) is 7.63. The Balaban J connectivity index is 2.53. The summed E-state index contributed by atoms with van der Waals surface area (Å²) in [6, 6.07) is 5.48. The van der Waals surface area contributed by atoms with Crippen molar-refractivity contribution < 1.29 is 9.53 Å². The van der Waals surface area contributed by atoms with Crippen molar-refractivity contribution in [3.05, 3.63) is 39.8 Å². The molecule has 5 heteroatoms. The molecule has 1 heterocycles. The predicted octanol–water partition coefficient (Wildman–Crippen LogP) is 1.34. The first-order valence-electron chi connectivity index (χ1n) is 5.76. The van der Waals surface area contributed by atoms with Gasteiger partial charge >= 0.3 is 5.97 Å². The highest BCUT2D eigenvalue weighted by atomic mass is 16.5. The third-order valence-electron chi connectivity index (χ3n) is 2.72. The molecular formula is C13H14N2O3. The van der Waals surface area contributed by atoms with Crippen molar-refractivity contribution in [2.24, 2.45) is 0 Å². The molecule has 0 saturated carbocycles. The van der Waals surface area contributed by atoms with E-state index in [0.29, 0.717) is 23.1 Å². The molecule has 0 fully saturated rings. The fourth-order valence-electron chi connectivity index (χ4n) is 1.93. The molecular weight excluding hydrogens is 232 g/mol. The number of nitrogens with one attached hydrogen (secondary N) is 1. The van der Waals surface area contributed by atoms with E-state index < -0.39 is 0 Å². The van der Waals surface area contributed by atoms with Crippen LogP contribution in [0.4, 0.5) is 0 Å². The first-order chi connectivity index (χ1) is 8.63. The number of aromatic amines is 1. The summed E-state index contributed by atoms with van der Waals surface area (Å²) in [4.78, 5) is 23.2. The number of esters is 1. The lowest BCUT2D eigenvalue weighted by atomic mass is 10.1. The zero-order chi connectivity index (χ0) is 13.1. The quantitative estimate of drug-likeness (QED) is 0.829. The van der Waals surface area contributed by atoms with Gasteiger partial charge in [0.2, 0.25) is 0 Å². The van der Waals surface area contributed by atoms with Gasteiger partial charge in [-0.1, -0.05) is 18.2 Å². The second-order valence-corrected chi connectivity index (χ2v) is 3.98. The molecule has 0 saturated heterocycles. The van der Waals surface area contributed by atoms with Crippen LogP contribution < -0.4 is 5.56 Å². The summed E-state index contributed by atoms with van der Waals surface area (Å²) in [7, 11) is 0. The lowest BCUT2D eigenvalue weighted by Crippen LogP contribution is -2.15. The third kappa shape index (κ3) is 2.25. The maximum Gasteiger partial charge on any atom is 0.311 e. The molecule has 0 spiro atoms. The van der Waals surface area contributed by atoms with Crippen molar-refractivity contribution in [1.29, 1.82) is 0 Å². The van der Waals surface area contributed by atoms with Crippen LogP contribution in [0, 0.1) is 6.92 Å². The maximum atomic E-state index is 11.7. The lowest BCUT2D eigenvalue weighted by Gasteiger charge is -2.06. The fraction of sp³-hybridized carbons (Fsp3) is 0.308. The number of H-pyrrole nitrogens is 1. The molecule has 1 aromatic heterocycles. The smallest absolute Gasteiger partial charge is 0.311 e. The average Bonchev–Trinajstić information content (AvgIpc) is 2.33. The van der Waals surface area contributed by atoms with E-state index in [-0.39, 0.29) is 17.9 Å². The van der Waals surface area contributed by atoms with Crippen LogP contribution in [0.15, 0.2) is 23.0 Å². The number of carbonyl (C=O) groups excluding carboxylic acids is 1. The normalized spacial score (nSPS) is 10.6. The van der Waals surface area contributed by atoms with Gasteiger partial charge in [0.05, 0.1) is 24.1 Å². The van der Waals surface area contributed by atoms with E-state index in [9.17, 15) is 9.59 Å². The molecule has 1 aromatic carbocycles. The minimum Gasteiger partial charge on any atom is -0.466 e. The first-order valence-corrected chi connectivity index (χ1v) is 5.76. The van der Waals surface area contributed by atoms with Gasteiger partial charge in [-0.3, -0.25) is 9.59 Å². The van der Waals surface area contributed by atoms with Crippen molar-refractivity contribution in [2.75, 3.05) is 6.61 Å². The van der Waals surface area contributed by atoms with Crippen LogP contribution in [-0.4, -0.2) is 22.8 Å². The Labute approximate surface area is 104 Å². The molecule has 2 rings (SSSR count). The van der Waals surface area contributed by atoms with Gasteiger partial charge in [0.25, 0.3) is 5.56 Å². The highest BCUT2D eigenvalue weighted by Crippen LogP contribution is 2.17. The summed E-state index contributed by atoms with van der Waals surface area (Å²) in [5.74, 6) is -0.347. The molecule has 0 aliphatic heterocycles. The Morgan fingerprint density at radius 2 is 2.22 bits per heavy atom. The molecule has 0 bridgehead atoms. The molecule has 0 aliphatic rings. The van der Waals surface area contributed by atoms with Crippen LogP contribution >= 0.6 is 0 Å². The third-order valence-corrected chi connectivity index (χ3v) is 2.72. The number of carbonyl (C=O) groups is 1. The minimum absolute atomic E-state index is 0.0601.